The van der Waals surface area contributed by atoms with E-state index in [0.717, 1.165) is 62.9 Å². The number of hydrogen-bond donors (Lipinski definition) is 6. The van der Waals surface area contributed by atoms with Gasteiger partial charge in [-0.3, -0.25) is 19.4 Å². The minimum atomic E-state index is -4.20. The van der Waals surface area contributed by atoms with Gasteiger partial charge in [-0.1, -0.05) is 31.0 Å². The molecule has 0 spiro atoms. The summed E-state index contributed by atoms with van der Waals surface area (Å²) in [6.45, 7) is 21.7. The first-order valence-corrected chi connectivity index (χ1v) is 29.3. The van der Waals surface area contributed by atoms with Gasteiger partial charge in [0.15, 0.2) is 0 Å². The Hall–Kier alpha value is -5.49. The number of carbonyl (C=O) groups is 4. The van der Waals surface area contributed by atoms with Crippen LogP contribution in [0.3, 0.4) is 0 Å². The van der Waals surface area contributed by atoms with Crippen LogP contribution in [-0.4, -0.2) is 169 Å². The molecule has 4 atom stereocenters. The number of aliphatic hydroxyl groups excluding tert-OH is 2. The molecule has 5 saturated heterocycles. The van der Waals surface area contributed by atoms with Crippen LogP contribution in [0.1, 0.15) is 85.3 Å². The average molecular weight is 1310 g/mol. The van der Waals surface area contributed by atoms with E-state index in [1.54, 1.807) is 21.9 Å². The summed E-state index contributed by atoms with van der Waals surface area (Å²) in [5.41, 5.74) is 4.92. The van der Waals surface area contributed by atoms with Crippen LogP contribution in [0.2, 0.25) is 0 Å². The summed E-state index contributed by atoms with van der Waals surface area (Å²) in [6.07, 6.45) is -2.57. The van der Waals surface area contributed by atoms with E-state index in [4.69, 9.17) is 23.9 Å². The van der Waals surface area contributed by atoms with Crippen molar-refractivity contribution >= 4 is 107 Å². The number of morpholine rings is 2. The van der Waals surface area contributed by atoms with E-state index >= 15 is 0 Å². The maximum absolute atomic E-state index is 12.8. The maximum atomic E-state index is 12.8. The molecule has 2 aromatic heterocycles. The number of aliphatic hydroxyl groups is 2. The molecule has 0 radical (unpaired) electrons. The summed E-state index contributed by atoms with van der Waals surface area (Å²) in [5, 5.41) is 30.7. The number of carbonyl (C=O) groups excluding carboxylic acids is 4. The molecular weight excluding hydrogens is 1220 g/mol. The predicted octanol–water partition coefficient (Wildman–Crippen LogP) is 8.53. The number of benzene rings is 2. The zero-order valence-electron chi connectivity index (χ0n) is 49.3. The van der Waals surface area contributed by atoms with Gasteiger partial charge in [0.25, 0.3) is 11.8 Å². The van der Waals surface area contributed by atoms with Crippen molar-refractivity contribution in [3.8, 4) is 11.1 Å². The molecule has 7 heterocycles. The lowest BCUT2D eigenvalue weighted by Gasteiger charge is -2.32. The number of urea groups is 2. The van der Waals surface area contributed by atoms with Gasteiger partial charge in [0.2, 0.25) is 0 Å². The van der Waals surface area contributed by atoms with E-state index < -0.39 is 42.9 Å². The summed E-state index contributed by atoms with van der Waals surface area (Å²) in [7, 11) is -0.556. The number of alkyl halides is 3. The van der Waals surface area contributed by atoms with Crippen LogP contribution in [0.15, 0.2) is 60.7 Å². The lowest BCUT2D eigenvalue weighted by Crippen LogP contribution is -2.42. The average Bonchev–Trinajstić information content (AvgIpc) is 3.91. The maximum Gasteiger partial charge on any atom is 0.495 e. The van der Waals surface area contributed by atoms with E-state index in [1.165, 1.54) is 4.90 Å². The summed E-state index contributed by atoms with van der Waals surface area (Å²) in [6, 6.07) is 18.1. The first-order chi connectivity index (χ1) is 39.2. The fraction of sp³-hybridized carbons (Fsp3) is 0.552. The van der Waals surface area contributed by atoms with Crippen LogP contribution in [0.4, 0.5) is 57.4 Å². The SMILES string of the molecule is CC[C@@H]1CCN(C(=O)Nc2ccc(C)c(-c3cc(N[C@H](C)CO)nc(N4CCOCC4=O)c3)c2)C1.C[C@H](CO)Nc1cc(I)cc(N2CCOCC2=O)n1.Cc1ccc(NC(=O)N2CC[C@@H](CC(F)(F)F)C2)cc1B1OC(C)(C)C(C)(C)O1.S. The Labute approximate surface area is 511 Å². The normalized spacial score (nSPS) is 20.0. The van der Waals surface area contributed by atoms with E-state index in [9.17, 15) is 37.5 Å². The van der Waals surface area contributed by atoms with Gasteiger partial charge in [0.05, 0.1) is 50.7 Å². The summed E-state index contributed by atoms with van der Waals surface area (Å²) >= 11 is 2.18. The highest BCUT2D eigenvalue weighted by Gasteiger charge is 2.52. The molecule has 6 amide bonds. The molecule has 460 valence electrons. The van der Waals surface area contributed by atoms with Crippen molar-refractivity contribution in [1.29, 1.82) is 0 Å². The molecule has 6 N–H and O–H groups in total. The second-order valence-electron chi connectivity index (χ2n) is 22.8. The molecule has 20 nitrogen and oxygen atoms in total. The Morgan fingerprint density at radius 3 is 1.71 bits per heavy atom. The standard InChI is InChI=1S/C26H35N5O4.C20H28BF3N2O3.C12H16IN3O3.H2S/c1-4-19-7-8-30(14-19)26(34)28-21-6-5-17(2)22(13-21)20-11-23(27-18(3)15-32)29-24(12-20)31-9-10-35-16-25(31)33;1-13-6-7-15(10-16(13)21-28-18(2,3)19(4,5)29-21)25-17(27)26-9-8-14(12-26)11-20(22,23)24;1-8(6-17)14-10-4-9(13)5-11(15-10)16-2-3-19-7-12(16)18;/h5-6,11-13,18-19,32H,4,7-10,14-16H2,1-3H3,(H,27,29)(H,28,34);6-7,10,14H,8-9,11-12H2,1-5H3,(H,25,27);4-5,8,17H,2-3,6-7H2,1H3,(H,14,15);1H2/t18-,19-;14-;8-;/m101./s1. The Kier molecular flexibility index (Phi) is 24.0. The topological polar surface area (TPSA) is 233 Å². The van der Waals surface area contributed by atoms with Crippen LogP contribution < -0.4 is 36.5 Å². The van der Waals surface area contributed by atoms with Gasteiger partial charge in [0, 0.05) is 59.6 Å². The third-order valence-electron chi connectivity index (χ3n) is 15.5. The predicted molar refractivity (Wildman–Crippen MR) is 334 cm³/mol. The number of halogens is 4. The van der Waals surface area contributed by atoms with Crippen molar-refractivity contribution in [1.82, 2.24) is 19.8 Å². The number of ether oxygens (including phenoxy) is 2. The Bertz CT molecular complexity index is 2920. The van der Waals surface area contributed by atoms with Gasteiger partial charge in [-0.2, -0.15) is 26.7 Å². The summed E-state index contributed by atoms with van der Waals surface area (Å²) in [5.74, 6) is 2.17. The third-order valence-corrected chi connectivity index (χ3v) is 16.2. The molecule has 0 unspecified atom stereocenters. The molecule has 9 rings (SSSR count). The van der Waals surface area contributed by atoms with Crippen LogP contribution in [-0.2, 0) is 28.4 Å². The number of likely N-dealkylation sites (tertiary alicyclic amines) is 2. The van der Waals surface area contributed by atoms with E-state index in [1.807, 2.05) is 109 Å². The molecule has 2 aromatic carbocycles. The number of aryl methyl sites for hydroxylation is 2. The molecule has 26 heteroatoms. The Balaban J connectivity index is 0.000000209. The van der Waals surface area contributed by atoms with Gasteiger partial charge in [-0.15, -0.1) is 0 Å². The molecule has 5 aliphatic heterocycles. The second kappa shape index (κ2) is 29.7. The number of pyridine rings is 2. The molecule has 5 fully saturated rings. The van der Waals surface area contributed by atoms with Crippen molar-refractivity contribution in [2.75, 3.05) is 110 Å². The number of amides is 6. The number of nitrogens with one attached hydrogen (secondary N) is 4. The Morgan fingerprint density at radius 2 is 1.21 bits per heavy atom. The highest BCUT2D eigenvalue weighted by atomic mass is 127. The highest BCUT2D eigenvalue weighted by molar-refractivity contribution is 14.1. The van der Waals surface area contributed by atoms with Crippen LogP contribution in [0.25, 0.3) is 11.1 Å². The lowest BCUT2D eigenvalue weighted by atomic mass is 9.76. The number of anilines is 6. The molecular formula is C58H81BF3IN10O10S. The van der Waals surface area contributed by atoms with E-state index in [0.29, 0.717) is 74.1 Å². The zero-order valence-corrected chi connectivity index (χ0v) is 52.5. The van der Waals surface area contributed by atoms with Crippen molar-refractivity contribution in [3.63, 3.8) is 0 Å². The molecule has 0 bridgehead atoms. The minimum Gasteiger partial charge on any atom is -0.399 e. The molecule has 0 aliphatic carbocycles. The van der Waals surface area contributed by atoms with Crippen molar-refractivity contribution in [3.05, 3.63) is 75.4 Å². The number of hydrogen-bond acceptors (Lipinski definition) is 14. The van der Waals surface area contributed by atoms with Gasteiger partial charge < -0.3 is 60.1 Å². The first kappa shape index (κ1) is 67.6. The number of nitrogens with zero attached hydrogens (tertiary/aromatic N) is 6. The molecule has 4 aromatic rings. The molecule has 84 heavy (non-hydrogen) atoms. The third kappa shape index (κ3) is 18.3. The largest absolute Gasteiger partial charge is 0.495 e. The van der Waals surface area contributed by atoms with Crippen LogP contribution in [0, 0.1) is 29.3 Å². The fourth-order valence-corrected chi connectivity index (χ4v) is 10.5. The minimum absolute atomic E-state index is 0. The van der Waals surface area contributed by atoms with Gasteiger partial charge in [0.1, 0.15) is 36.5 Å². The number of rotatable bonds is 14. The Morgan fingerprint density at radius 1 is 0.726 bits per heavy atom. The number of aromatic nitrogens is 2. The second-order valence-corrected chi connectivity index (χ2v) is 24.0. The monoisotopic (exact) mass is 1300 g/mol. The van der Waals surface area contributed by atoms with E-state index in [-0.39, 0.29) is 76.4 Å². The molecule has 5 aliphatic rings. The van der Waals surface area contributed by atoms with E-state index in [2.05, 4.69) is 60.7 Å². The van der Waals surface area contributed by atoms with Gasteiger partial charge >= 0.3 is 25.4 Å². The zero-order chi connectivity index (χ0) is 60.4. The summed E-state index contributed by atoms with van der Waals surface area (Å²) < 4.78 is 61.3. The van der Waals surface area contributed by atoms with Crippen molar-refractivity contribution in [2.24, 2.45) is 11.8 Å². The van der Waals surface area contributed by atoms with Crippen LogP contribution >= 0.6 is 36.1 Å². The van der Waals surface area contributed by atoms with Gasteiger partial charge in [-0.25, -0.2) is 19.6 Å². The fourth-order valence-electron chi connectivity index (χ4n) is 9.92. The van der Waals surface area contributed by atoms with Crippen molar-refractivity contribution < 1.29 is 61.3 Å². The smallest absolute Gasteiger partial charge is 0.399 e. The highest BCUT2D eigenvalue weighted by Crippen LogP contribution is 2.38. The van der Waals surface area contributed by atoms with Crippen molar-refractivity contribution in [2.45, 2.75) is 117 Å². The first-order valence-electron chi connectivity index (χ1n) is 28.2. The van der Waals surface area contributed by atoms with Crippen LogP contribution in [0.5, 0.6) is 0 Å². The lowest BCUT2D eigenvalue weighted by molar-refractivity contribution is -0.143. The summed E-state index contributed by atoms with van der Waals surface area (Å²) in [4.78, 5) is 65.3. The molecule has 0 saturated carbocycles. The van der Waals surface area contributed by atoms with Gasteiger partial charge in [-0.05, 0) is 173 Å². The quantitative estimate of drug-likeness (QED) is 0.0513.